The standard InChI is InChI=1S/C19H24F2N6OS/c1-10(29-11(2)26-22)13-3-4-14(13)16-24-17-15(18(28)25-16)9-23-27(17)12-5-7-19(20,21)8-6-12/h9,12-14H,1,3-8,22H2,2H3,(H,24,25,28)/b26-11-/t13-,14+/m1/s1. The van der Waals surface area contributed by atoms with Crippen molar-refractivity contribution in [3.05, 3.63) is 33.9 Å². The number of alkyl halides is 2. The highest BCUT2D eigenvalue weighted by atomic mass is 32.2. The van der Waals surface area contributed by atoms with Crippen molar-refractivity contribution >= 4 is 27.8 Å². The van der Waals surface area contributed by atoms with E-state index in [0.29, 0.717) is 29.7 Å². The Bertz CT molecular complexity index is 1020. The Labute approximate surface area is 170 Å². The second-order valence-electron chi connectivity index (χ2n) is 7.87. The quantitative estimate of drug-likeness (QED) is 0.337. The van der Waals surface area contributed by atoms with Gasteiger partial charge in [0.25, 0.3) is 5.56 Å². The van der Waals surface area contributed by atoms with E-state index in [9.17, 15) is 13.6 Å². The van der Waals surface area contributed by atoms with Gasteiger partial charge in [0.05, 0.1) is 17.3 Å². The van der Waals surface area contributed by atoms with Gasteiger partial charge in [0.1, 0.15) is 11.2 Å². The summed E-state index contributed by atoms with van der Waals surface area (Å²) in [4.78, 5) is 21.2. The van der Waals surface area contributed by atoms with E-state index in [0.717, 1.165) is 22.8 Å². The van der Waals surface area contributed by atoms with Crippen molar-refractivity contribution in [2.24, 2.45) is 16.9 Å². The predicted molar refractivity (Wildman–Crippen MR) is 110 cm³/mol. The third-order valence-corrected chi connectivity index (χ3v) is 6.98. The fraction of sp³-hybridized carbons (Fsp3) is 0.579. The second-order valence-corrected chi connectivity index (χ2v) is 9.19. The summed E-state index contributed by atoms with van der Waals surface area (Å²) in [6.07, 6.45) is 3.63. The van der Waals surface area contributed by atoms with Gasteiger partial charge in [-0.25, -0.2) is 18.4 Å². The third kappa shape index (κ3) is 3.82. The number of thioether (sulfide) groups is 1. The first kappa shape index (κ1) is 20.1. The monoisotopic (exact) mass is 422 g/mol. The van der Waals surface area contributed by atoms with Crippen LogP contribution in [0.25, 0.3) is 11.0 Å². The van der Waals surface area contributed by atoms with Crippen LogP contribution in [0.5, 0.6) is 0 Å². The largest absolute Gasteiger partial charge is 0.323 e. The summed E-state index contributed by atoms with van der Waals surface area (Å²) in [6, 6.07) is -0.166. The summed E-state index contributed by atoms with van der Waals surface area (Å²) in [5.74, 6) is 3.52. The van der Waals surface area contributed by atoms with Crippen LogP contribution < -0.4 is 11.4 Å². The number of nitrogens with zero attached hydrogens (tertiary/aromatic N) is 4. The molecule has 2 aliphatic rings. The first-order valence-corrected chi connectivity index (χ1v) is 10.6. The van der Waals surface area contributed by atoms with Crippen LogP contribution >= 0.6 is 11.8 Å². The van der Waals surface area contributed by atoms with Crippen LogP contribution in [0.2, 0.25) is 0 Å². The molecule has 2 aliphatic carbocycles. The van der Waals surface area contributed by atoms with Crippen molar-refractivity contribution < 1.29 is 8.78 Å². The van der Waals surface area contributed by atoms with Gasteiger partial charge < -0.3 is 10.8 Å². The summed E-state index contributed by atoms with van der Waals surface area (Å²) in [5, 5.41) is 9.10. The molecule has 3 N–H and O–H groups in total. The van der Waals surface area contributed by atoms with E-state index in [2.05, 4.69) is 21.8 Å². The fourth-order valence-corrected chi connectivity index (χ4v) is 5.04. The molecule has 2 aromatic heterocycles. The van der Waals surface area contributed by atoms with Gasteiger partial charge in [-0.15, -0.1) is 0 Å². The zero-order chi connectivity index (χ0) is 20.8. The van der Waals surface area contributed by atoms with Gasteiger partial charge in [-0.2, -0.15) is 10.2 Å². The molecule has 29 heavy (non-hydrogen) atoms. The Morgan fingerprint density at radius 3 is 2.72 bits per heavy atom. The van der Waals surface area contributed by atoms with Crippen molar-refractivity contribution in [1.29, 1.82) is 0 Å². The van der Waals surface area contributed by atoms with Crippen LogP contribution in [0.1, 0.15) is 63.2 Å². The Balaban J connectivity index is 1.62. The molecule has 0 saturated heterocycles. The van der Waals surface area contributed by atoms with Gasteiger partial charge in [0, 0.05) is 18.8 Å². The van der Waals surface area contributed by atoms with Gasteiger partial charge in [-0.1, -0.05) is 18.3 Å². The fourth-order valence-electron chi connectivity index (χ4n) is 4.17. The lowest BCUT2D eigenvalue weighted by Crippen LogP contribution is -2.29. The van der Waals surface area contributed by atoms with Crippen molar-refractivity contribution in [2.75, 3.05) is 0 Å². The molecule has 2 heterocycles. The molecule has 0 radical (unpaired) electrons. The zero-order valence-corrected chi connectivity index (χ0v) is 17.0. The number of hydrogen-bond donors (Lipinski definition) is 2. The summed E-state index contributed by atoms with van der Waals surface area (Å²) in [5.41, 5.74) is 0.226. The lowest BCUT2D eigenvalue weighted by Gasteiger charge is -2.36. The number of hydrazone groups is 1. The molecule has 0 aromatic carbocycles. The van der Waals surface area contributed by atoms with Crippen molar-refractivity contribution in [1.82, 2.24) is 19.7 Å². The van der Waals surface area contributed by atoms with E-state index < -0.39 is 5.92 Å². The minimum atomic E-state index is -2.61. The van der Waals surface area contributed by atoms with Crippen LogP contribution in [0.4, 0.5) is 8.78 Å². The number of hydrogen-bond acceptors (Lipinski definition) is 6. The first-order valence-electron chi connectivity index (χ1n) is 9.75. The molecule has 0 aliphatic heterocycles. The van der Waals surface area contributed by atoms with Gasteiger partial charge in [-0.05, 0) is 43.4 Å². The number of nitrogens with one attached hydrogen (secondary N) is 1. The van der Waals surface area contributed by atoms with E-state index in [1.807, 2.05) is 6.92 Å². The van der Waals surface area contributed by atoms with Gasteiger partial charge in [-0.3, -0.25) is 4.79 Å². The summed E-state index contributed by atoms with van der Waals surface area (Å²) in [6.45, 7) is 5.96. The van der Waals surface area contributed by atoms with E-state index in [1.165, 1.54) is 18.0 Å². The average Bonchev–Trinajstić information content (AvgIpc) is 3.05. The number of aromatic amines is 1. The highest BCUT2D eigenvalue weighted by Crippen LogP contribution is 2.48. The van der Waals surface area contributed by atoms with Crippen LogP contribution in [-0.2, 0) is 0 Å². The molecule has 156 valence electrons. The molecule has 10 heteroatoms. The van der Waals surface area contributed by atoms with Crippen molar-refractivity contribution in [3.8, 4) is 0 Å². The summed E-state index contributed by atoms with van der Waals surface area (Å²) in [7, 11) is 0. The first-order chi connectivity index (χ1) is 13.8. The topological polar surface area (TPSA) is 102 Å². The summed E-state index contributed by atoms with van der Waals surface area (Å²) < 4.78 is 28.7. The molecule has 0 bridgehead atoms. The molecule has 0 amide bonds. The molecule has 2 fully saturated rings. The Morgan fingerprint density at radius 2 is 2.10 bits per heavy atom. The van der Waals surface area contributed by atoms with Crippen molar-refractivity contribution in [3.63, 3.8) is 0 Å². The minimum Gasteiger partial charge on any atom is -0.323 e. The molecule has 4 rings (SSSR count). The number of allylic oxidation sites excluding steroid dienone is 1. The maximum Gasteiger partial charge on any atom is 0.262 e. The number of aromatic nitrogens is 4. The molecule has 2 aromatic rings. The molecule has 2 saturated carbocycles. The normalized spacial score (nSPS) is 25.1. The van der Waals surface area contributed by atoms with E-state index in [1.54, 1.807) is 4.68 Å². The van der Waals surface area contributed by atoms with Crippen LogP contribution in [-0.4, -0.2) is 30.7 Å². The van der Waals surface area contributed by atoms with E-state index >= 15 is 0 Å². The number of H-pyrrole nitrogens is 1. The van der Waals surface area contributed by atoms with Gasteiger partial charge in [0.15, 0.2) is 5.65 Å². The molecular weight excluding hydrogens is 398 g/mol. The Kier molecular flexibility index (Phi) is 5.22. The number of fused-ring (bicyclic) bond motifs is 1. The third-order valence-electron chi connectivity index (χ3n) is 6.01. The number of rotatable bonds is 4. The van der Waals surface area contributed by atoms with Gasteiger partial charge in [0.2, 0.25) is 5.92 Å². The lowest BCUT2D eigenvalue weighted by atomic mass is 9.73. The highest BCUT2D eigenvalue weighted by Gasteiger charge is 2.38. The Morgan fingerprint density at radius 1 is 1.38 bits per heavy atom. The average molecular weight is 423 g/mol. The maximum atomic E-state index is 13.5. The lowest BCUT2D eigenvalue weighted by molar-refractivity contribution is -0.0446. The SMILES string of the molecule is C=C(S/C(C)=N\N)[C@H]1CC[C@@H]1c1nc2c(cnn2C2CCC(F)(F)CC2)c(=O)[nH]1. The Hall–Kier alpha value is -2.23. The van der Waals surface area contributed by atoms with Crippen LogP contribution in [0.15, 0.2) is 27.6 Å². The number of nitrogens with two attached hydrogens (primary N) is 1. The van der Waals surface area contributed by atoms with Crippen molar-refractivity contribution in [2.45, 2.75) is 63.3 Å². The van der Waals surface area contributed by atoms with Gasteiger partial charge >= 0.3 is 0 Å². The number of halogens is 2. The molecular formula is C19H24F2N6OS. The van der Waals surface area contributed by atoms with Crippen LogP contribution in [0.3, 0.4) is 0 Å². The molecule has 2 atom stereocenters. The molecule has 0 unspecified atom stereocenters. The second kappa shape index (κ2) is 7.55. The smallest absolute Gasteiger partial charge is 0.262 e. The minimum absolute atomic E-state index is 0.0525. The molecule has 0 spiro atoms. The highest BCUT2D eigenvalue weighted by molar-refractivity contribution is 8.17. The van der Waals surface area contributed by atoms with E-state index in [-0.39, 0.29) is 36.3 Å². The predicted octanol–water partition coefficient (Wildman–Crippen LogP) is 3.90. The zero-order valence-electron chi connectivity index (χ0n) is 16.2. The summed E-state index contributed by atoms with van der Waals surface area (Å²) >= 11 is 1.44. The molecule has 7 nitrogen and oxygen atoms in total. The maximum absolute atomic E-state index is 13.5. The van der Waals surface area contributed by atoms with Crippen LogP contribution in [0, 0.1) is 5.92 Å². The van der Waals surface area contributed by atoms with E-state index in [4.69, 9.17) is 10.8 Å².